The molecule has 3 aromatic rings. The van der Waals surface area contributed by atoms with Gasteiger partial charge in [-0.1, -0.05) is 60.7 Å². The molecule has 1 amide bonds. The van der Waals surface area contributed by atoms with Gasteiger partial charge in [0, 0.05) is 32.3 Å². The Balaban J connectivity index is 1.66. The van der Waals surface area contributed by atoms with Crippen molar-refractivity contribution < 1.29 is 9.53 Å². The summed E-state index contributed by atoms with van der Waals surface area (Å²) in [5.41, 5.74) is 3.02. The maximum Gasteiger partial charge on any atom is 0.252 e. The third-order valence-corrected chi connectivity index (χ3v) is 4.51. The van der Waals surface area contributed by atoms with Crippen LogP contribution in [0.25, 0.3) is 0 Å². The van der Waals surface area contributed by atoms with Crippen LogP contribution in [0.15, 0.2) is 79.0 Å². The van der Waals surface area contributed by atoms with Gasteiger partial charge < -0.3 is 15.4 Å². The molecule has 0 radical (unpaired) electrons. The molecule has 5 nitrogen and oxygen atoms in total. The molecular weight excluding hydrogens is 350 g/mol. The molecule has 0 saturated heterocycles. The lowest BCUT2D eigenvalue weighted by atomic mass is 9.91. The van der Waals surface area contributed by atoms with Gasteiger partial charge in [-0.15, -0.1) is 0 Å². The van der Waals surface area contributed by atoms with Crippen molar-refractivity contribution in [2.45, 2.75) is 5.92 Å². The fourth-order valence-electron chi connectivity index (χ4n) is 3.01. The number of hydrogen-bond acceptors (Lipinski definition) is 4. The van der Waals surface area contributed by atoms with Crippen molar-refractivity contribution in [3.63, 3.8) is 0 Å². The quantitative estimate of drug-likeness (QED) is 0.560. The summed E-state index contributed by atoms with van der Waals surface area (Å²) in [6.45, 7) is 1.67. The Bertz CT molecular complexity index is 813. The van der Waals surface area contributed by atoms with Crippen LogP contribution < -0.4 is 10.6 Å². The van der Waals surface area contributed by atoms with Gasteiger partial charge in [-0.25, -0.2) is 4.98 Å². The third-order valence-electron chi connectivity index (χ3n) is 4.51. The second kappa shape index (κ2) is 10.2. The van der Waals surface area contributed by atoms with E-state index in [1.165, 1.54) is 11.1 Å². The second-order valence-corrected chi connectivity index (χ2v) is 6.44. The highest BCUT2D eigenvalue weighted by Crippen LogP contribution is 2.24. The lowest BCUT2D eigenvalue weighted by Crippen LogP contribution is -2.27. The molecule has 0 fully saturated rings. The number of ether oxygens (including phenoxy) is 1. The van der Waals surface area contributed by atoms with Crippen molar-refractivity contribution in [1.29, 1.82) is 0 Å². The minimum absolute atomic E-state index is 0.150. The van der Waals surface area contributed by atoms with Crippen LogP contribution >= 0.6 is 0 Å². The normalized spacial score (nSPS) is 10.6. The summed E-state index contributed by atoms with van der Waals surface area (Å²) in [4.78, 5) is 16.4. The minimum atomic E-state index is -0.150. The van der Waals surface area contributed by atoms with E-state index < -0.39 is 0 Å². The van der Waals surface area contributed by atoms with E-state index in [4.69, 9.17) is 4.74 Å². The van der Waals surface area contributed by atoms with Gasteiger partial charge in [0.15, 0.2) is 0 Å². The lowest BCUT2D eigenvalue weighted by Gasteiger charge is -2.19. The summed E-state index contributed by atoms with van der Waals surface area (Å²) in [6, 6.07) is 24.4. The molecule has 2 aromatic carbocycles. The Hall–Kier alpha value is -3.18. The Labute approximate surface area is 165 Å². The van der Waals surface area contributed by atoms with Gasteiger partial charge in [0.1, 0.15) is 5.82 Å². The Morgan fingerprint density at radius 2 is 1.61 bits per heavy atom. The van der Waals surface area contributed by atoms with Crippen LogP contribution in [0.4, 0.5) is 5.82 Å². The maximum atomic E-state index is 12.0. The monoisotopic (exact) mass is 375 g/mol. The largest absolute Gasteiger partial charge is 0.383 e. The molecule has 0 aliphatic rings. The first-order valence-electron chi connectivity index (χ1n) is 9.35. The van der Waals surface area contributed by atoms with E-state index in [0.29, 0.717) is 25.3 Å². The van der Waals surface area contributed by atoms with Gasteiger partial charge in [0.25, 0.3) is 5.91 Å². The zero-order valence-electron chi connectivity index (χ0n) is 16.0. The van der Waals surface area contributed by atoms with E-state index >= 15 is 0 Å². The van der Waals surface area contributed by atoms with Crippen molar-refractivity contribution in [1.82, 2.24) is 10.3 Å². The average molecular weight is 375 g/mol. The number of nitrogens with zero attached hydrogens (tertiary/aromatic N) is 1. The topological polar surface area (TPSA) is 63.2 Å². The SMILES string of the molecule is COCCNC(=O)c1ccc(NCC(c2ccccc2)c2ccccc2)nc1. The molecule has 1 heterocycles. The van der Waals surface area contributed by atoms with E-state index in [-0.39, 0.29) is 11.8 Å². The molecule has 3 rings (SSSR count). The standard InChI is InChI=1S/C23H25N3O2/c1-28-15-14-24-23(27)20-12-13-22(25-16-20)26-17-21(18-8-4-2-5-9-18)19-10-6-3-7-11-19/h2-13,16,21H,14-15,17H2,1H3,(H,24,27)(H,25,26). The van der Waals surface area contributed by atoms with E-state index in [2.05, 4.69) is 64.1 Å². The molecule has 28 heavy (non-hydrogen) atoms. The van der Waals surface area contributed by atoms with Gasteiger partial charge in [-0.05, 0) is 23.3 Å². The Morgan fingerprint density at radius 3 is 2.14 bits per heavy atom. The van der Waals surface area contributed by atoms with E-state index in [9.17, 15) is 4.79 Å². The van der Waals surface area contributed by atoms with E-state index in [1.807, 2.05) is 18.2 Å². The molecule has 0 aliphatic heterocycles. The number of methoxy groups -OCH3 is 1. The van der Waals surface area contributed by atoms with Crippen molar-refractivity contribution in [2.24, 2.45) is 0 Å². The molecule has 144 valence electrons. The summed E-state index contributed by atoms with van der Waals surface area (Å²) in [5.74, 6) is 0.800. The fourth-order valence-corrected chi connectivity index (χ4v) is 3.01. The molecule has 5 heteroatoms. The summed E-state index contributed by atoms with van der Waals surface area (Å²) in [7, 11) is 1.60. The highest BCUT2D eigenvalue weighted by atomic mass is 16.5. The van der Waals surface area contributed by atoms with Gasteiger partial charge >= 0.3 is 0 Å². The summed E-state index contributed by atoms with van der Waals surface area (Å²) >= 11 is 0. The number of hydrogen-bond donors (Lipinski definition) is 2. The van der Waals surface area contributed by atoms with Crippen molar-refractivity contribution in [3.05, 3.63) is 95.7 Å². The fraction of sp³-hybridized carbons (Fsp3) is 0.217. The van der Waals surface area contributed by atoms with Crippen LogP contribution in [0.5, 0.6) is 0 Å². The number of carbonyl (C=O) groups is 1. The summed E-state index contributed by atoms with van der Waals surface area (Å²) < 4.78 is 4.93. The number of aromatic nitrogens is 1. The van der Waals surface area contributed by atoms with Crippen LogP contribution in [-0.2, 0) is 4.74 Å². The van der Waals surface area contributed by atoms with Crippen LogP contribution in [-0.4, -0.2) is 37.7 Å². The first-order chi connectivity index (χ1) is 13.8. The number of anilines is 1. The first-order valence-corrected chi connectivity index (χ1v) is 9.35. The second-order valence-electron chi connectivity index (χ2n) is 6.44. The van der Waals surface area contributed by atoms with Crippen molar-refractivity contribution in [2.75, 3.05) is 32.1 Å². The first kappa shape index (κ1) is 19.6. The number of rotatable bonds is 9. The Morgan fingerprint density at radius 1 is 0.964 bits per heavy atom. The highest BCUT2D eigenvalue weighted by molar-refractivity contribution is 5.94. The van der Waals surface area contributed by atoms with Gasteiger partial charge in [-0.2, -0.15) is 0 Å². The minimum Gasteiger partial charge on any atom is -0.383 e. The van der Waals surface area contributed by atoms with Crippen LogP contribution in [0.2, 0.25) is 0 Å². The summed E-state index contributed by atoms with van der Waals surface area (Å²) in [6.07, 6.45) is 1.59. The number of pyridine rings is 1. The molecular formula is C23H25N3O2. The van der Waals surface area contributed by atoms with Crippen LogP contribution in [0.3, 0.4) is 0 Å². The third kappa shape index (κ3) is 5.41. The zero-order valence-corrected chi connectivity index (χ0v) is 16.0. The van der Waals surface area contributed by atoms with Crippen molar-refractivity contribution in [3.8, 4) is 0 Å². The molecule has 0 atom stereocenters. The van der Waals surface area contributed by atoms with Crippen LogP contribution in [0.1, 0.15) is 27.4 Å². The number of carbonyl (C=O) groups excluding carboxylic acids is 1. The molecule has 2 N–H and O–H groups in total. The highest BCUT2D eigenvalue weighted by Gasteiger charge is 2.14. The van der Waals surface area contributed by atoms with Crippen LogP contribution in [0, 0.1) is 0 Å². The predicted molar refractivity (Wildman–Crippen MR) is 112 cm³/mol. The molecule has 0 aliphatic carbocycles. The van der Waals surface area contributed by atoms with E-state index in [1.54, 1.807) is 19.4 Å². The smallest absolute Gasteiger partial charge is 0.252 e. The zero-order chi connectivity index (χ0) is 19.6. The van der Waals surface area contributed by atoms with E-state index in [0.717, 1.165) is 5.82 Å². The molecule has 0 spiro atoms. The summed E-state index contributed by atoms with van der Waals surface area (Å²) in [5, 5.41) is 6.19. The van der Waals surface area contributed by atoms with Crippen molar-refractivity contribution >= 4 is 11.7 Å². The van der Waals surface area contributed by atoms with Gasteiger partial charge in [-0.3, -0.25) is 4.79 Å². The lowest BCUT2D eigenvalue weighted by molar-refractivity contribution is 0.0937. The molecule has 0 bridgehead atoms. The molecule has 1 aromatic heterocycles. The average Bonchev–Trinajstić information content (AvgIpc) is 2.76. The molecule has 0 saturated carbocycles. The predicted octanol–water partition coefficient (Wildman–Crippen LogP) is 3.70. The molecule has 0 unspecified atom stereocenters. The maximum absolute atomic E-state index is 12.0. The number of amides is 1. The number of nitrogens with one attached hydrogen (secondary N) is 2. The Kier molecular flexibility index (Phi) is 7.15. The van der Waals surface area contributed by atoms with Gasteiger partial charge in [0.2, 0.25) is 0 Å². The number of benzene rings is 2. The van der Waals surface area contributed by atoms with Gasteiger partial charge in [0.05, 0.1) is 12.2 Å².